The number of hydrogen-bond donors (Lipinski definition) is 2. The zero-order chi connectivity index (χ0) is 33.7. The Kier molecular flexibility index (Phi) is 9.98. The second-order valence-electron chi connectivity index (χ2n) is 10.5. The number of benzene rings is 4. The number of amides is 2. The van der Waals surface area contributed by atoms with Crippen LogP contribution in [0, 0.1) is 0 Å². The van der Waals surface area contributed by atoms with Crippen LogP contribution in [0.4, 0.5) is 11.4 Å². The Balaban J connectivity index is 0.918. The van der Waals surface area contributed by atoms with E-state index < -0.39 is 0 Å². The summed E-state index contributed by atoms with van der Waals surface area (Å²) in [4.78, 5) is 39.2. The third kappa shape index (κ3) is 7.99. The highest BCUT2D eigenvalue weighted by molar-refractivity contribution is 8.02. The average Bonchev–Trinajstić information content (AvgIpc) is 3.83. The van der Waals surface area contributed by atoms with Crippen molar-refractivity contribution in [2.75, 3.05) is 35.4 Å². The predicted octanol–water partition coefficient (Wildman–Crippen LogP) is 8.97. The quantitative estimate of drug-likeness (QED) is 0.111. The van der Waals surface area contributed by atoms with E-state index in [0.29, 0.717) is 41.6 Å². The number of nitrogens with zero attached hydrogens (tertiary/aromatic N) is 3. The number of carbonyl (C=O) groups excluding carboxylic acids is 2. The minimum Gasteiger partial charge on any atom is -0.494 e. The molecule has 49 heavy (non-hydrogen) atoms. The molecule has 2 amide bonds. The van der Waals surface area contributed by atoms with Gasteiger partial charge in [0.05, 0.1) is 45.2 Å². The summed E-state index contributed by atoms with van der Waals surface area (Å²) in [5.41, 5.74) is 5.05. The molecule has 10 nitrogen and oxygen atoms in total. The Bertz CT molecular complexity index is 2280. The molecule has 0 saturated heterocycles. The van der Waals surface area contributed by atoms with Gasteiger partial charge in [0.25, 0.3) is 0 Å². The van der Waals surface area contributed by atoms with Gasteiger partial charge < -0.3 is 24.5 Å². The van der Waals surface area contributed by atoms with Crippen molar-refractivity contribution in [2.45, 2.75) is 22.5 Å². The molecule has 248 valence electrons. The van der Waals surface area contributed by atoms with Crippen molar-refractivity contribution < 1.29 is 23.5 Å². The van der Waals surface area contributed by atoms with Gasteiger partial charge in [0.2, 0.25) is 17.7 Å². The molecule has 2 N–H and O–H groups in total. The molecule has 0 unspecified atom stereocenters. The molecule has 14 heteroatoms. The molecule has 7 rings (SSSR count). The minimum absolute atomic E-state index is 0.127. The third-order valence-corrected chi connectivity index (χ3v) is 11.4. The molecule has 0 aliphatic heterocycles. The van der Waals surface area contributed by atoms with Crippen molar-refractivity contribution in [3.05, 3.63) is 78.9 Å². The first-order valence-corrected chi connectivity index (χ1v) is 19.0. The van der Waals surface area contributed by atoms with Crippen molar-refractivity contribution in [3.63, 3.8) is 0 Å². The molecular weight excluding hydrogens is 699 g/mol. The van der Waals surface area contributed by atoms with Crippen molar-refractivity contribution in [2.24, 2.45) is 0 Å². The first-order chi connectivity index (χ1) is 23.9. The number of thiazole rings is 2. The van der Waals surface area contributed by atoms with Gasteiger partial charge in [0.1, 0.15) is 17.0 Å². The van der Waals surface area contributed by atoms with E-state index in [-0.39, 0.29) is 23.3 Å². The van der Waals surface area contributed by atoms with Crippen LogP contribution in [0.2, 0.25) is 0 Å². The fourth-order valence-corrected chi connectivity index (χ4v) is 8.67. The molecule has 0 atom stereocenters. The lowest BCUT2D eigenvalue weighted by molar-refractivity contribution is -0.114. The maximum atomic E-state index is 12.7. The highest BCUT2D eigenvalue weighted by atomic mass is 32.2. The van der Waals surface area contributed by atoms with Crippen molar-refractivity contribution in [3.8, 4) is 23.0 Å². The van der Waals surface area contributed by atoms with E-state index in [1.54, 1.807) is 29.5 Å². The second kappa shape index (κ2) is 14.9. The molecule has 0 aliphatic carbocycles. The van der Waals surface area contributed by atoms with E-state index in [1.807, 2.05) is 74.5 Å². The smallest absolute Gasteiger partial charge is 0.234 e. The summed E-state index contributed by atoms with van der Waals surface area (Å²) in [5, 5.41) is 5.87. The summed E-state index contributed by atoms with van der Waals surface area (Å²) in [6, 6.07) is 24.3. The summed E-state index contributed by atoms with van der Waals surface area (Å²) in [5.74, 6) is 2.25. The Morgan fingerprint density at radius 1 is 0.673 bits per heavy atom. The van der Waals surface area contributed by atoms with E-state index in [1.165, 1.54) is 34.9 Å². The average molecular weight is 728 g/mol. The van der Waals surface area contributed by atoms with Gasteiger partial charge >= 0.3 is 0 Å². The predicted molar refractivity (Wildman–Crippen MR) is 200 cm³/mol. The molecular formula is C35H29N5O5S4. The summed E-state index contributed by atoms with van der Waals surface area (Å²) in [7, 11) is 0. The number of hydrogen-bond acceptors (Lipinski definition) is 12. The van der Waals surface area contributed by atoms with Crippen LogP contribution < -0.4 is 20.1 Å². The van der Waals surface area contributed by atoms with E-state index in [4.69, 9.17) is 13.9 Å². The zero-order valence-electron chi connectivity index (χ0n) is 26.3. The zero-order valence-corrected chi connectivity index (χ0v) is 29.6. The van der Waals surface area contributed by atoms with Gasteiger partial charge in [-0.15, -0.1) is 22.7 Å². The van der Waals surface area contributed by atoms with E-state index >= 15 is 0 Å². The molecule has 0 saturated carbocycles. The fourth-order valence-electron chi connectivity index (χ4n) is 4.88. The fraction of sp³-hybridized carbons (Fsp3) is 0.171. The molecule has 0 radical (unpaired) electrons. The SMILES string of the molecule is CCOc1ccc2nc(SCC(=O)Nc3ccc(-c4nc5cc(NC(=O)CSc6nc7ccc(OCC)cc7s6)ccc5o4)cc3)sc2c1. The van der Waals surface area contributed by atoms with Crippen LogP contribution in [-0.4, -0.2) is 51.5 Å². The van der Waals surface area contributed by atoms with Gasteiger partial charge in [-0.05, 0) is 92.7 Å². The van der Waals surface area contributed by atoms with Crippen molar-refractivity contribution >= 4 is 101 Å². The third-order valence-electron chi connectivity index (χ3n) is 7.04. The van der Waals surface area contributed by atoms with Crippen LogP contribution in [0.25, 0.3) is 43.0 Å². The van der Waals surface area contributed by atoms with Crippen LogP contribution in [0.3, 0.4) is 0 Å². The van der Waals surface area contributed by atoms with E-state index in [2.05, 4.69) is 25.6 Å². The van der Waals surface area contributed by atoms with Gasteiger partial charge in [-0.3, -0.25) is 9.59 Å². The van der Waals surface area contributed by atoms with Crippen LogP contribution in [0.5, 0.6) is 11.5 Å². The maximum absolute atomic E-state index is 12.7. The Morgan fingerprint density at radius 2 is 1.22 bits per heavy atom. The monoisotopic (exact) mass is 727 g/mol. The maximum Gasteiger partial charge on any atom is 0.234 e. The Hall–Kier alpha value is -4.63. The minimum atomic E-state index is -0.144. The first kappa shape index (κ1) is 32.9. The number of anilines is 2. The highest BCUT2D eigenvalue weighted by Crippen LogP contribution is 2.34. The van der Waals surface area contributed by atoms with Crippen LogP contribution in [0.1, 0.15) is 13.8 Å². The Morgan fingerprint density at radius 3 is 1.80 bits per heavy atom. The number of aromatic nitrogens is 3. The number of thioether (sulfide) groups is 2. The number of rotatable bonds is 13. The molecule has 3 aromatic heterocycles. The normalized spacial score (nSPS) is 11.3. The number of fused-ring (bicyclic) bond motifs is 3. The van der Waals surface area contributed by atoms with E-state index in [9.17, 15) is 9.59 Å². The Labute approximate surface area is 297 Å². The lowest BCUT2D eigenvalue weighted by Gasteiger charge is -2.04. The summed E-state index contributed by atoms with van der Waals surface area (Å²) in [6.07, 6.45) is 0. The topological polar surface area (TPSA) is 128 Å². The molecule has 0 bridgehead atoms. The summed E-state index contributed by atoms with van der Waals surface area (Å²) in [6.45, 7) is 5.11. The number of ether oxygens (including phenoxy) is 2. The van der Waals surface area contributed by atoms with Gasteiger partial charge in [-0.2, -0.15) is 0 Å². The first-order valence-electron chi connectivity index (χ1n) is 15.4. The summed E-state index contributed by atoms with van der Waals surface area (Å²) < 4.78 is 20.8. The number of oxazole rings is 1. The number of carbonyl (C=O) groups is 2. The van der Waals surface area contributed by atoms with Crippen LogP contribution in [0.15, 0.2) is 92.0 Å². The van der Waals surface area contributed by atoms with Gasteiger partial charge in [-0.25, -0.2) is 15.0 Å². The standard InChI is InChI=1S/C35H29N5O5S4/c1-3-43-23-10-12-25-29(16-23)48-34(39-25)46-18-31(41)36-21-7-5-20(6-8-21)33-38-27-15-22(9-14-28(27)45-33)37-32(42)19-47-35-40-26-13-11-24(44-4-2)17-30(26)49-35/h5-17H,3-4,18-19H2,1-2H3,(H,36,41)(H,37,42). The lowest BCUT2D eigenvalue weighted by Crippen LogP contribution is -2.13. The lowest BCUT2D eigenvalue weighted by atomic mass is 10.2. The largest absolute Gasteiger partial charge is 0.494 e. The van der Waals surface area contributed by atoms with Crippen molar-refractivity contribution in [1.82, 2.24) is 15.0 Å². The molecule has 0 aliphatic rings. The van der Waals surface area contributed by atoms with Gasteiger partial charge in [0, 0.05) is 16.9 Å². The number of nitrogens with one attached hydrogen (secondary N) is 2. The van der Waals surface area contributed by atoms with Crippen LogP contribution in [-0.2, 0) is 9.59 Å². The van der Waals surface area contributed by atoms with Gasteiger partial charge in [0.15, 0.2) is 14.3 Å². The van der Waals surface area contributed by atoms with Gasteiger partial charge in [-0.1, -0.05) is 23.5 Å². The van der Waals surface area contributed by atoms with Crippen molar-refractivity contribution in [1.29, 1.82) is 0 Å². The molecule has 4 aromatic carbocycles. The molecule has 0 spiro atoms. The highest BCUT2D eigenvalue weighted by Gasteiger charge is 2.14. The molecule has 7 aromatic rings. The van der Waals surface area contributed by atoms with Crippen LogP contribution >= 0.6 is 46.2 Å². The van der Waals surface area contributed by atoms with E-state index in [0.717, 1.165) is 46.2 Å². The molecule has 0 fully saturated rings. The molecule has 3 heterocycles. The summed E-state index contributed by atoms with van der Waals surface area (Å²) >= 11 is 5.87. The second-order valence-corrected chi connectivity index (χ2v) is 15.0.